The van der Waals surface area contributed by atoms with Crippen molar-refractivity contribution in [3.63, 3.8) is 0 Å². The van der Waals surface area contributed by atoms with E-state index >= 15 is 0 Å². The van der Waals surface area contributed by atoms with Gasteiger partial charge in [0.25, 0.3) is 0 Å². The average molecular weight is 331 g/mol. The summed E-state index contributed by atoms with van der Waals surface area (Å²) >= 11 is 0. The first-order chi connectivity index (χ1) is 11.6. The van der Waals surface area contributed by atoms with E-state index in [1.807, 2.05) is 30.3 Å². The third kappa shape index (κ3) is 3.61. The van der Waals surface area contributed by atoms with E-state index in [1.54, 1.807) is 0 Å². The number of carboxylic acid groups (broad SMARTS) is 1. The first-order valence-corrected chi connectivity index (χ1v) is 8.80. The molecule has 1 heterocycles. The summed E-state index contributed by atoms with van der Waals surface area (Å²) in [6.07, 6.45) is 3.81. The minimum atomic E-state index is -0.960. The molecule has 1 aromatic carbocycles. The summed E-state index contributed by atoms with van der Waals surface area (Å²) in [7, 11) is 0. The second-order valence-corrected chi connectivity index (χ2v) is 7.10. The largest absolute Gasteiger partial charge is 0.481 e. The quantitative estimate of drug-likeness (QED) is 0.868. The monoisotopic (exact) mass is 331 g/mol. The number of carbonyl (C=O) groups is 2. The van der Waals surface area contributed by atoms with Gasteiger partial charge in [-0.05, 0) is 30.7 Å². The zero-order chi connectivity index (χ0) is 17.1. The van der Waals surface area contributed by atoms with Crippen molar-refractivity contribution in [3.05, 3.63) is 35.9 Å². The maximum absolute atomic E-state index is 12.6. The summed E-state index contributed by atoms with van der Waals surface area (Å²) in [6, 6.07) is 9.36. The van der Waals surface area contributed by atoms with Gasteiger partial charge in [-0.3, -0.25) is 9.59 Å². The number of aliphatic carboxylic acids is 1. The van der Waals surface area contributed by atoms with Crippen LogP contribution in [0.5, 0.6) is 0 Å². The molecule has 1 aliphatic carbocycles. The molecule has 130 valence electrons. The molecular weight excluding hydrogens is 306 g/mol. The Labute approximate surface area is 142 Å². The number of carboxylic acids is 1. The molecular formula is C19H25NO4. The molecule has 1 saturated heterocycles. The number of carbonyl (C=O) groups excluding carboxylic acids is 1. The summed E-state index contributed by atoms with van der Waals surface area (Å²) < 4.78 is 0. The number of hydrogen-bond acceptors (Lipinski definition) is 3. The van der Waals surface area contributed by atoms with E-state index in [0.717, 1.165) is 31.2 Å². The Bertz CT molecular complexity index is 588. The van der Waals surface area contributed by atoms with Crippen molar-refractivity contribution >= 4 is 11.9 Å². The van der Waals surface area contributed by atoms with Gasteiger partial charge in [0.05, 0.1) is 5.92 Å². The molecule has 1 amide bonds. The van der Waals surface area contributed by atoms with E-state index in [-0.39, 0.29) is 18.2 Å². The van der Waals surface area contributed by atoms with Gasteiger partial charge < -0.3 is 15.1 Å². The van der Waals surface area contributed by atoms with Gasteiger partial charge in [0.15, 0.2) is 0 Å². The van der Waals surface area contributed by atoms with Crippen LogP contribution in [-0.4, -0.2) is 39.8 Å². The summed E-state index contributed by atoms with van der Waals surface area (Å²) in [5, 5.41) is 19.9. The third-order valence-corrected chi connectivity index (χ3v) is 5.52. The molecule has 1 aliphatic heterocycles. The number of aliphatic hydroxyl groups excluding tert-OH is 1. The van der Waals surface area contributed by atoms with Crippen LogP contribution in [0.15, 0.2) is 30.3 Å². The number of amides is 1. The second kappa shape index (κ2) is 7.34. The van der Waals surface area contributed by atoms with E-state index in [9.17, 15) is 19.8 Å². The van der Waals surface area contributed by atoms with Gasteiger partial charge in [-0.15, -0.1) is 0 Å². The molecule has 3 rings (SSSR count). The predicted molar refractivity (Wildman–Crippen MR) is 89.1 cm³/mol. The van der Waals surface area contributed by atoms with E-state index in [4.69, 9.17) is 0 Å². The fourth-order valence-corrected chi connectivity index (χ4v) is 4.17. The first kappa shape index (κ1) is 17.0. The summed E-state index contributed by atoms with van der Waals surface area (Å²) in [5.74, 6) is -1.41. The van der Waals surface area contributed by atoms with E-state index in [0.29, 0.717) is 18.9 Å². The number of benzene rings is 1. The highest BCUT2D eigenvalue weighted by atomic mass is 16.4. The maximum Gasteiger partial charge on any atom is 0.307 e. The smallest absolute Gasteiger partial charge is 0.307 e. The fourth-order valence-electron chi connectivity index (χ4n) is 4.17. The van der Waals surface area contributed by atoms with Gasteiger partial charge in [0.2, 0.25) is 5.91 Å². The number of likely N-dealkylation sites (tertiary alicyclic amines) is 1. The van der Waals surface area contributed by atoms with Gasteiger partial charge in [-0.25, -0.2) is 0 Å². The van der Waals surface area contributed by atoms with Crippen LogP contribution in [0.25, 0.3) is 0 Å². The highest BCUT2D eigenvalue weighted by Gasteiger charge is 2.44. The normalized spacial score (nSPS) is 27.5. The van der Waals surface area contributed by atoms with Crippen LogP contribution >= 0.6 is 0 Å². The topological polar surface area (TPSA) is 77.8 Å². The highest BCUT2D eigenvalue weighted by Crippen LogP contribution is 2.39. The fraction of sp³-hybridized carbons (Fsp3) is 0.579. The van der Waals surface area contributed by atoms with Crippen LogP contribution in [-0.2, 0) is 16.0 Å². The summed E-state index contributed by atoms with van der Waals surface area (Å²) in [6.45, 7) is 0.572. The Morgan fingerprint density at radius 3 is 2.54 bits per heavy atom. The zero-order valence-corrected chi connectivity index (χ0v) is 13.8. The van der Waals surface area contributed by atoms with Crippen molar-refractivity contribution in [3.8, 4) is 0 Å². The molecule has 1 aromatic rings. The molecule has 0 radical (unpaired) electrons. The SMILES string of the molecule is O=C(O)[C@H](CC(=O)N1C[C@H]2CCCC[C@H]2[C@@H]1O)Cc1ccccc1. The van der Waals surface area contributed by atoms with Crippen LogP contribution in [0, 0.1) is 17.8 Å². The van der Waals surface area contributed by atoms with Crippen LogP contribution < -0.4 is 0 Å². The van der Waals surface area contributed by atoms with Crippen LogP contribution in [0.2, 0.25) is 0 Å². The molecule has 2 aliphatic rings. The molecule has 1 saturated carbocycles. The van der Waals surface area contributed by atoms with Crippen molar-refractivity contribution < 1.29 is 19.8 Å². The van der Waals surface area contributed by atoms with Gasteiger partial charge in [0.1, 0.15) is 6.23 Å². The first-order valence-electron chi connectivity index (χ1n) is 8.80. The molecule has 2 N–H and O–H groups in total. The van der Waals surface area contributed by atoms with E-state index in [1.165, 1.54) is 4.90 Å². The Hall–Kier alpha value is -1.88. The van der Waals surface area contributed by atoms with Crippen molar-refractivity contribution in [2.75, 3.05) is 6.54 Å². The van der Waals surface area contributed by atoms with E-state index in [2.05, 4.69) is 0 Å². The molecule has 0 aromatic heterocycles. The Morgan fingerprint density at radius 1 is 1.17 bits per heavy atom. The van der Waals surface area contributed by atoms with E-state index < -0.39 is 18.1 Å². The molecule has 24 heavy (non-hydrogen) atoms. The Kier molecular flexibility index (Phi) is 5.19. The van der Waals surface area contributed by atoms with Crippen LogP contribution in [0.4, 0.5) is 0 Å². The molecule has 5 heteroatoms. The number of hydrogen-bond donors (Lipinski definition) is 2. The lowest BCUT2D eigenvalue weighted by Crippen LogP contribution is -2.39. The molecule has 2 fully saturated rings. The van der Waals surface area contributed by atoms with Crippen LogP contribution in [0.3, 0.4) is 0 Å². The zero-order valence-electron chi connectivity index (χ0n) is 13.8. The highest BCUT2D eigenvalue weighted by molar-refractivity contribution is 5.83. The van der Waals surface area contributed by atoms with Gasteiger partial charge in [-0.1, -0.05) is 43.2 Å². The lowest BCUT2D eigenvalue weighted by Gasteiger charge is -2.26. The van der Waals surface area contributed by atoms with Crippen molar-refractivity contribution in [1.29, 1.82) is 0 Å². The number of nitrogens with zero attached hydrogens (tertiary/aromatic N) is 1. The lowest BCUT2D eigenvalue weighted by molar-refractivity contribution is -0.149. The standard InChI is InChI=1S/C19H25NO4/c21-17(20-12-14-8-4-5-9-16(14)18(20)22)11-15(19(23)24)10-13-6-2-1-3-7-13/h1-3,6-7,14-16,18,22H,4-5,8-12H2,(H,23,24)/t14-,15+,16-,18+/m1/s1. The molecule has 4 atom stereocenters. The summed E-state index contributed by atoms with van der Waals surface area (Å²) in [4.78, 5) is 25.7. The Morgan fingerprint density at radius 2 is 1.88 bits per heavy atom. The Balaban J connectivity index is 1.64. The third-order valence-electron chi connectivity index (χ3n) is 5.52. The van der Waals surface area contributed by atoms with Crippen LogP contribution in [0.1, 0.15) is 37.7 Å². The van der Waals surface area contributed by atoms with Crippen molar-refractivity contribution in [2.45, 2.75) is 44.8 Å². The maximum atomic E-state index is 12.6. The van der Waals surface area contributed by atoms with Gasteiger partial charge >= 0.3 is 5.97 Å². The van der Waals surface area contributed by atoms with Gasteiger partial charge in [-0.2, -0.15) is 0 Å². The number of fused-ring (bicyclic) bond motifs is 1. The lowest BCUT2D eigenvalue weighted by atomic mass is 9.81. The number of aliphatic hydroxyl groups is 1. The molecule has 0 bridgehead atoms. The summed E-state index contributed by atoms with van der Waals surface area (Å²) in [5.41, 5.74) is 0.910. The van der Waals surface area contributed by atoms with Crippen molar-refractivity contribution in [1.82, 2.24) is 4.90 Å². The van der Waals surface area contributed by atoms with Crippen molar-refractivity contribution in [2.24, 2.45) is 17.8 Å². The number of rotatable bonds is 5. The average Bonchev–Trinajstić information content (AvgIpc) is 2.92. The minimum absolute atomic E-state index is 0.0548. The second-order valence-electron chi connectivity index (χ2n) is 7.10. The van der Waals surface area contributed by atoms with Gasteiger partial charge in [0, 0.05) is 18.9 Å². The molecule has 0 unspecified atom stereocenters. The minimum Gasteiger partial charge on any atom is -0.481 e. The predicted octanol–water partition coefficient (Wildman–Crippen LogP) is 2.29. The molecule has 5 nitrogen and oxygen atoms in total. The molecule has 0 spiro atoms.